The van der Waals surface area contributed by atoms with E-state index in [1.807, 2.05) is 18.2 Å². The highest BCUT2D eigenvalue weighted by atomic mass is 16.1. The fourth-order valence-corrected chi connectivity index (χ4v) is 2.96. The molecule has 0 radical (unpaired) electrons. The van der Waals surface area contributed by atoms with Crippen LogP contribution >= 0.6 is 0 Å². The number of nitrogens with zero attached hydrogens (tertiary/aromatic N) is 2. The van der Waals surface area contributed by atoms with E-state index in [0.717, 1.165) is 11.1 Å². The number of hydrogen-bond donors (Lipinski definition) is 2. The number of pyridine rings is 1. The van der Waals surface area contributed by atoms with E-state index in [0.29, 0.717) is 18.0 Å². The molecule has 24 heavy (non-hydrogen) atoms. The van der Waals surface area contributed by atoms with Crippen LogP contribution in [0.4, 0.5) is 5.82 Å². The van der Waals surface area contributed by atoms with Crippen LogP contribution in [-0.2, 0) is 6.54 Å². The van der Waals surface area contributed by atoms with Crippen molar-refractivity contribution >= 4 is 22.4 Å². The van der Waals surface area contributed by atoms with Gasteiger partial charge in [0.1, 0.15) is 11.5 Å². The Morgan fingerprint density at radius 2 is 2.04 bits per heavy atom. The van der Waals surface area contributed by atoms with Crippen LogP contribution in [0.5, 0.6) is 0 Å². The van der Waals surface area contributed by atoms with E-state index < -0.39 is 0 Å². The second-order valence-electron chi connectivity index (χ2n) is 6.02. The molecular formula is C19H18N4O. The molecule has 0 aliphatic heterocycles. The zero-order valence-corrected chi connectivity index (χ0v) is 13.6. The van der Waals surface area contributed by atoms with Crippen LogP contribution in [0, 0.1) is 13.8 Å². The van der Waals surface area contributed by atoms with Crippen LogP contribution < -0.4 is 10.9 Å². The molecule has 5 nitrogen and oxygen atoms in total. The summed E-state index contributed by atoms with van der Waals surface area (Å²) in [4.78, 5) is 20.0. The molecule has 3 aromatic heterocycles. The highest BCUT2D eigenvalue weighted by molar-refractivity contribution is 5.85. The van der Waals surface area contributed by atoms with Crippen molar-refractivity contribution in [3.8, 4) is 0 Å². The zero-order chi connectivity index (χ0) is 16.7. The molecule has 0 fully saturated rings. The minimum atomic E-state index is -0.0874. The average molecular weight is 318 g/mol. The van der Waals surface area contributed by atoms with E-state index in [4.69, 9.17) is 0 Å². The fourth-order valence-electron chi connectivity index (χ4n) is 2.96. The van der Waals surface area contributed by atoms with Gasteiger partial charge in [-0.05, 0) is 49.2 Å². The molecular weight excluding hydrogens is 300 g/mol. The van der Waals surface area contributed by atoms with E-state index in [1.165, 1.54) is 27.1 Å². The van der Waals surface area contributed by atoms with Crippen LogP contribution in [0.25, 0.3) is 16.6 Å². The molecule has 0 aliphatic rings. The van der Waals surface area contributed by atoms with Gasteiger partial charge in [-0.15, -0.1) is 0 Å². The molecule has 4 rings (SSSR count). The van der Waals surface area contributed by atoms with Gasteiger partial charge >= 0.3 is 0 Å². The summed E-state index contributed by atoms with van der Waals surface area (Å²) in [5.41, 5.74) is 5.32. The summed E-state index contributed by atoms with van der Waals surface area (Å²) in [6.07, 6.45) is 1.72. The van der Waals surface area contributed by atoms with Crippen molar-refractivity contribution in [1.82, 2.24) is 14.4 Å². The third kappa shape index (κ3) is 2.44. The van der Waals surface area contributed by atoms with Crippen molar-refractivity contribution in [2.45, 2.75) is 20.4 Å². The monoisotopic (exact) mass is 318 g/mol. The van der Waals surface area contributed by atoms with E-state index in [-0.39, 0.29) is 5.56 Å². The maximum absolute atomic E-state index is 12.1. The first-order valence-corrected chi connectivity index (χ1v) is 7.92. The third-order valence-electron chi connectivity index (χ3n) is 4.42. The molecule has 5 heteroatoms. The van der Waals surface area contributed by atoms with Gasteiger partial charge in [0.15, 0.2) is 0 Å². The zero-order valence-electron chi connectivity index (χ0n) is 13.6. The van der Waals surface area contributed by atoms with E-state index >= 15 is 0 Å². The first-order valence-electron chi connectivity index (χ1n) is 7.92. The van der Waals surface area contributed by atoms with Crippen molar-refractivity contribution in [3.63, 3.8) is 0 Å². The van der Waals surface area contributed by atoms with Gasteiger partial charge in [-0.2, -0.15) is 0 Å². The summed E-state index contributed by atoms with van der Waals surface area (Å²) in [5, 5.41) is 4.48. The molecule has 0 amide bonds. The van der Waals surface area contributed by atoms with Crippen molar-refractivity contribution in [2.75, 3.05) is 5.32 Å². The molecule has 0 bridgehead atoms. The Hall–Kier alpha value is -3.08. The Morgan fingerprint density at radius 3 is 2.92 bits per heavy atom. The second kappa shape index (κ2) is 5.53. The fraction of sp³-hybridized carbons (Fsp3) is 0.158. The number of aromatic nitrogens is 3. The second-order valence-corrected chi connectivity index (χ2v) is 6.02. The number of H-pyrrole nitrogens is 1. The summed E-state index contributed by atoms with van der Waals surface area (Å²) in [6, 6.07) is 13.4. The van der Waals surface area contributed by atoms with Crippen LogP contribution in [0.2, 0.25) is 0 Å². The Morgan fingerprint density at radius 1 is 1.17 bits per heavy atom. The van der Waals surface area contributed by atoms with Gasteiger partial charge in [0.2, 0.25) is 0 Å². The summed E-state index contributed by atoms with van der Waals surface area (Å²) in [6.45, 7) is 4.83. The molecule has 3 heterocycles. The number of benzene rings is 1. The summed E-state index contributed by atoms with van der Waals surface area (Å²) in [7, 11) is 0. The lowest BCUT2D eigenvalue weighted by Crippen LogP contribution is -2.15. The van der Waals surface area contributed by atoms with Crippen molar-refractivity contribution < 1.29 is 0 Å². The van der Waals surface area contributed by atoms with Gasteiger partial charge in [-0.25, -0.2) is 4.98 Å². The number of nitrogens with one attached hydrogen (secondary N) is 2. The predicted octanol–water partition coefficient (Wildman–Crippen LogP) is 3.40. The number of aryl methyl sites for hydroxylation is 2. The summed E-state index contributed by atoms with van der Waals surface area (Å²) < 4.78 is 1.53. The summed E-state index contributed by atoms with van der Waals surface area (Å²) in [5.74, 6) is 0.591. The lowest BCUT2D eigenvalue weighted by atomic mass is 10.1. The molecule has 4 aromatic rings. The van der Waals surface area contributed by atoms with E-state index in [2.05, 4.69) is 47.3 Å². The third-order valence-corrected chi connectivity index (χ3v) is 4.42. The molecule has 0 unspecified atom stereocenters. The van der Waals surface area contributed by atoms with Crippen molar-refractivity contribution in [3.05, 3.63) is 75.8 Å². The highest BCUT2D eigenvalue weighted by Gasteiger charge is 2.06. The van der Waals surface area contributed by atoms with Gasteiger partial charge < -0.3 is 10.3 Å². The lowest BCUT2D eigenvalue weighted by Gasteiger charge is -2.07. The summed E-state index contributed by atoms with van der Waals surface area (Å²) >= 11 is 0. The van der Waals surface area contributed by atoms with Gasteiger partial charge in [0, 0.05) is 35.4 Å². The SMILES string of the molecule is Cc1[nH]c2ccc(CNc3cc(=O)n4ccccc4n3)cc2c1C. The van der Waals surface area contributed by atoms with Gasteiger partial charge in [-0.3, -0.25) is 9.20 Å². The Kier molecular flexibility index (Phi) is 3.34. The normalized spacial score (nSPS) is 11.2. The molecule has 2 N–H and O–H groups in total. The van der Waals surface area contributed by atoms with Crippen LogP contribution in [0.15, 0.2) is 53.5 Å². The first kappa shape index (κ1) is 14.5. The number of anilines is 1. The maximum Gasteiger partial charge on any atom is 0.259 e. The van der Waals surface area contributed by atoms with Crippen LogP contribution in [-0.4, -0.2) is 14.4 Å². The van der Waals surface area contributed by atoms with Crippen molar-refractivity contribution in [2.24, 2.45) is 0 Å². The smallest absolute Gasteiger partial charge is 0.259 e. The minimum absolute atomic E-state index is 0.0874. The number of hydrogen-bond acceptors (Lipinski definition) is 3. The highest BCUT2D eigenvalue weighted by Crippen LogP contribution is 2.22. The number of aromatic amines is 1. The van der Waals surface area contributed by atoms with Gasteiger partial charge in [0.05, 0.1) is 0 Å². The number of rotatable bonds is 3. The predicted molar refractivity (Wildman–Crippen MR) is 96.6 cm³/mol. The lowest BCUT2D eigenvalue weighted by molar-refractivity contribution is 1.03. The van der Waals surface area contributed by atoms with Crippen LogP contribution in [0.3, 0.4) is 0 Å². The molecule has 0 spiro atoms. The maximum atomic E-state index is 12.1. The average Bonchev–Trinajstić information content (AvgIpc) is 2.87. The molecule has 0 atom stereocenters. The van der Waals surface area contributed by atoms with E-state index in [1.54, 1.807) is 6.20 Å². The molecule has 0 aliphatic carbocycles. The molecule has 0 saturated carbocycles. The first-order chi connectivity index (χ1) is 11.6. The topological polar surface area (TPSA) is 62.2 Å². The van der Waals surface area contributed by atoms with Gasteiger partial charge in [-0.1, -0.05) is 12.1 Å². The van der Waals surface area contributed by atoms with Gasteiger partial charge in [0.25, 0.3) is 5.56 Å². The van der Waals surface area contributed by atoms with E-state index in [9.17, 15) is 4.79 Å². The Bertz CT molecular complexity index is 1110. The standard InChI is InChI=1S/C19H18N4O/c1-12-13(2)21-16-7-6-14(9-15(12)16)11-20-17-10-19(24)23-8-4-3-5-18(23)22-17/h3-10,20-21H,11H2,1-2H3. The minimum Gasteiger partial charge on any atom is -0.366 e. The Labute approximate surface area is 139 Å². The van der Waals surface area contributed by atoms with Crippen LogP contribution in [0.1, 0.15) is 16.8 Å². The Balaban J connectivity index is 1.63. The quantitative estimate of drug-likeness (QED) is 0.608. The molecule has 0 saturated heterocycles. The largest absolute Gasteiger partial charge is 0.366 e. The molecule has 1 aromatic carbocycles. The number of fused-ring (bicyclic) bond motifs is 2. The van der Waals surface area contributed by atoms with Crippen molar-refractivity contribution in [1.29, 1.82) is 0 Å². The molecule has 120 valence electrons.